The van der Waals surface area contributed by atoms with Crippen molar-refractivity contribution in [3.05, 3.63) is 83.2 Å². The Morgan fingerprint density at radius 1 is 1.06 bits per heavy atom. The standard InChI is InChI=1S/C29H33NO5/c1-18-25(28(32)35-14-13-19-9-7-6-8-10-19)26(20-11-12-23(33-4)24(15-20)34-5)27-21(30-18)16-29(2,3)17-22(27)31/h6-12,15,25-26,30H,1,13-14,16-17H2,2-5H3. The maximum atomic E-state index is 13.5. The number of ketones is 1. The van der Waals surface area contributed by atoms with Crippen molar-refractivity contribution in [2.75, 3.05) is 20.8 Å². The minimum absolute atomic E-state index is 0.0399. The fourth-order valence-corrected chi connectivity index (χ4v) is 5.13. The summed E-state index contributed by atoms with van der Waals surface area (Å²) >= 11 is 0. The van der Waals surface area contributed by atoms with Gasteiger partial charge in [0.05, 0.1) is 20.8 Å². The Bertz CT molecular complexity index is 1160. The molecule has 2 atom stereocenters. The first-order chi connectivity index (χ1) is 16.7. The third kappa shape index (κ3) is 5.11. The van der Waals surface area contributed by atoms with E-state index in [1.807, 2.05) is 42.5 Å². The van der Waals surface area contributed by atoms with E-state index in [1.165, 1.54) is 0 Å². The highest BCUT2D eigenvalue weighted by Gasteiger charge is 2.46. The third-order valence-corrected chi connectivity index (χ3v) is 6.75. The number of hydrogen-bond donors (Lipinski definition) is 1. The number of Topliss-reactive ketones (excluding diaryl/α,β-unsaturated/α-hetero) is 1. The van der Waals surface area contributed by atoms with Gasteiger partial charge in [-0.3, -0.25) is 9.59 Å². The summed E-state index contributed by atoms with van der Waals surface area (Å²) in [5.41, 5.74) is 3.72. The summed E-state index contributed by atoms with van der Waals surface area (Å²) in [5.74, 6) is -0.507. The van der Waals surface area contributed by atoms with Crippen molar-refractivity contribution in [3.8, 4) is 11.5 Å². The molecule has 6 nitrogen and oxygen atoms in total. The number of rotatable bonds is 7. The first kappa shape index (κ1) is 24.6. The second-order valence-corrected chi connectivity index (χ2v) is 9.96. The van der Waals surface area contributed by atoms with E-state index in [1.54, 1.807) is 20.3 Å². The number of hydrogen-bond acceptors (Lipinski definition) is 6. The van der Waals surface area contributed by atoms with Crippen molar-refractivity contribution < 1.29 is 23.8 Å². The van der Waals surface area contributed by atoms with Crippen LogP contribution < -0.4 is 14.8 Å². The highest BCUT2D eigenvalue weighted by atomic mass is 16.5. The topological polar surface area (TPSA) is 73.9 Å². The van der Waals surface area contributed by atoms with Gasteiger partial charge in [0.25, 0.3) is 0 Å². The van der Waals surface area contributed by atoms with Crippen molar-refractivity contribution in [1.82, 2.24) is 5.32 Å². The lowest BCUT2D eigenvalue weighted by Gasteiger charge is -2.42. The molecule has 0 spiro atoms. The van der Waals surface area contributed by atoms with Crippen molar-refractivity contribution in [3.63, 3.8) is 0 Å². The van der Waals surface area contributed by atoms with E-state index < -0.39 is 17.8 Å². The lowest BCUT2D eigenvalue weighted by atomic mass is 9.66. The van der Waals surface area contributed by atoms with Gasteiger partial charge in [0.1, 0.15) is 5.92 Å². The number of benzene rings is 2. The highest BCUT2D eigenvalue weighted by Crippen LogP contribution is 2.49. The zero-order valence-corrected chi connectivity index (χ0v) is 20.9. The smallest absolute Gasteiger partial charge is 0.315 e. The van der Waals surface area contributed by atoms with Gasteiger partial charge in [0, 0.05) is 35.7 Å². The maximum absolute atomic E-state index is 13.5. The molecular formula is C29H33NO5. The second kappa shape index (κ2) is 9.98. The monoisotopic (exact) mass is 475 g/mol. The van der Waals surface area contributed by atoms with Crippen LogP contribution in [-0.4, -0.2) is 32.6 Å². The van der Waals surface area contributed by atoms with E-state index in [0.717, 1.165) is 16.8 Å². The molecule has 2 aliphatic rings. The van der Waals surface area contributed by atoms with E-state index in [-0.39, 0.29) is 17.8 Å². The predicted molar refractivity (Wildman–Crippen MR) is 134 cm³/mol. The molecule has 0 fully saturated rings. The molecule has 0 bridgehead atoms. The van der Waals surface area contributed by atoms with E-state index in [2.05, 4.69) is 25.7 Å². The van der Waals surface area contributed by atoms with Gasteiger partial charge in [-0.2, -0.15) is 0 Å². The molecule has 2 aromatic carbocycles. The summed E-state index contributed by atoms with van der Waals surface area (Å²) in [4.78, 5) is 26.9. The normalized spacial score (nSPS) is 21.1. The van der Waals surface area contributed by atoms with Crippen LogP contribution in [0.15, 0.2) is 72.1 Å². The quantitative estimate of drug-likeness (QED) is 0.571. The Balaban J connectivity index is 1.70. The van der Waals surface area contributed by atoms with Gasteiger partial charge in [-0.1, -0.05) is 56.8 Å². The van der Waals surface area contributed by atoms with Crippen LogP contribution in [0.2, 0.25) is 0 Å². The lowest BCUT2D eigenvalue weighted by Crippen LogP contribution is -2.43. The SMILES string of the molecule is C=C1NC2=C(C(=O)CC(C)(C)C2)C(c2ccc(OC)c(OC)c2)C1C(=O)OCCc1ccccc1. The summed E-state index contributed by atoms with van der Waals surface area (Å²) in [6.07, 6.45) is 1.73. The largest absolute Gasteiger partial charge is 0.493 e. The molecule has 0 radical (unpaired) electrons. The Morgan fingerprint density at radius 3 is 2.46 bits per heavy atom. The molecule has 2 unspecified atom stereocenters. The van der Waals surface area contributed by atoms with Gasteiger partial charge in [-0.25, -0.2) is 0 Å². The molecule has 0 saturated heterocycles. The zero-order valence-electron chi connectivity index (χ0n) is 20.9. The average Bonchev–Trinajstić information content (AvgIpc) is 2.82. The summed E-state index contributed by atoms with van der Waals surface area (Å²) < 4.78 is 16.7. The Kier molecular flexibility index (Phi) is 7.01. The van der Waals surface area contributed by atoms with Gasteiger partial charge in [0.2, 0.25) is 0 Å². The van der Waals surface area contributed by atoms with Crippen LogP contribution in [0.4, 0.5) is 0 Å². The molecule has 0 amide bonds. The van der Waals surface area contributed by atoms with Crippen LogP contribution in [0.1, 0.15) is 43.7 Å². The second-order valence-electron chi connectivity index (χ2n) is 9.96. The maximum Gasteiger partial charge on any atom is 0.315 e. The molecule has 0 aromatic heterocycles. The van der Waals surface area contributed by atoms with E-state index in [4.69, 9.17) is 14.2 Å². The van der Waals surface area contributed by atoms with Gasteiger partial charge < -0.3 is 19.5 Å². The number of nitrogens with one attached hydrogen (secondary N) is 1. The van der Waals surface area contributed by atoms with Crippen LogP contribution in [0.3, 0.4) is 0 Å². The van der Waals surface area contributed by atoms with Gasteiger partial charge in [0.15, 0.2) is 17.3 Å². The minimum Gasteiger partial charge on any atom is -0.493 e. The van der Waals surface area contributed by atoms with Gasteiger partial charge in [-0.05, 0) is 35.1 Å². The summed E-state index contributed by atoms with van der Waals surface area (Å²) in [5, 5.41) is 3.30. The predicted octanol–water partition coefficient (Wildman–Crippen LogP) is 4.95. The third-order valence-electron chi connectivity index (χ3n) is 6.75. The number of esters is 1. The van der Waals surface area contributed by atoms with E-state index in [9.17, 15) is 9.59 Å². The van der Waals surface area contributed by atoms with Gasteiger partial charge in [-0.15, -0.1) is 0 Å². The Labute approximate surface area is 207 Å². The fraction of sp³-hybridized carbons (Fsp3) is 0.379. The molecule has 2 aromatic rings. The van der Waals surface area contributed by atoms with Crippen molar-refractivity contribution in [1.29, 1.82) is 0 Å². The van der Waals surface area contributed by atoms with Crippen LogP contribution in [0.5, 0.6) is 11.5 Å². The van der Waals surface area contributed by atoms with Crippen LogP contribution in [-0.2, 0) is 20.7 Å². The molecule has 6 heteroatoms. The molecule has 35 heavy (non-hydrogen) atoms. The van der Waals surface area contributed by atoms with Crippen LogP contribution in [0, 0.1) is 11.3 Å². The number of carbonyl (C=O) groups is 2. The first-order valence-corrected chi connectivity index (χ1v) is 11.9. The average molecular weight is 476 g/mol. The van der Waals surface area contributed by atoms with E-state index >= 15 is 0 Å². The fourth-order valence-electron chi connectivity index (χ4n) is 5.13. The molecule has 1 heterocycles. The summed E-state index contributed by atoms with van der Waals surface area (Å²) in [6.45, 7) is 8.59. The van der Waals surface area contributed by atoms with Crippen LogP contribution in [0.25, 0.3) is 0 Å². The minimum atomic E-state index is -0.743. The lowest BCUT2D eigenvalue weighted by molar-refractivity contribution is -0.147. The first-order valence-electron chi connectivity index (χ1n) is 11.9. The van der Waals surface area contributed by atoms with Crippen molar-refractivity contribution in [2.45, 2.75) is 39.0 Å². The molecular weight excluding hydrogens is 442 g/mol. The summed E-state index contributed by atoms with van der Waals surface area (Å²) in [7, 11) is 3.14. The molecule has 1 aliphatic heterocycles. The van der Waals surface area contributed by atoms with E-state index in [0.29, 0.717) is 42.0 Å². The number of carbonyl (C=O) groups excluding carboxylic acids is 2. The Morgan fingerprint density at radius 2 is 1.77 bits per heavy atom. The molecule has 4 rings (SSSR count). The zero-order chi connectivity index (χ0) is 25.2. The molecule has 1 aliphatic carbocycles. The molecule has 0 saturated carbocycles. The van der Waals surface area contributed by atoms with Gasteiger partial charge >= 0.3 is 5.97 Å². The Hall–Kier alpha value is -3.54. The summed E-state index contributed by atoms with van der Waals surface area (Å²) in [6, 6.07) is 15.4. The number of methoxy groups -OCH3 is 2. The molecule has 184 valence electrons. The molecule has 1 N–H and O–H groups in total. The van der Waals surface area contributed by atoms with Crippen LogP contribution >= 0.6 is 0 Å². The number of ether oxygens (including phenoxy) is 3. The van der Waals surface area contributed by atoms with Crippen molar-refractivity contribution >= 4 is 11.8 Å². The number of allylic oxidation sites excluding steroid dienone is 2. The highest BCUT2D eigenvalue weighted by molar-refractivity contribution is 6.01. The van der Waals surface area contributed by atoms with Crippen molar-refractivity contribution in [2.24, 2.45) is 11.3 Å².